The maximum atomic E-state index is 12.1. The summed E-state index contributed by atoms with van der Waals surface area (Å²) in [6.07, 6.45) is 10.4. The van der Waals surface area contributed by atoms with E-state index >= 15 is 0 Å². The largest absolute Gasteiger partial charge is 0.368 e. The number of nitrogens with two attached hydrogens (primary N) is 1. The minimum atomic E-state index is -0.427. The highest BCUT2D eigenvalue weighted by Gasteiger charge is 2.43. The van der Waals surface area contributed by atoms with Gasteiger partial charge in [-0.15, -0.1) is 0 Å². The Bertz CT molecular complexity index is 331. The van der Waals surface area contributed by atoms with Gasteiger partial charge in [0.15, 0.2) is 0 Å². The fraction of sp³-hybridized carbons (Fsp3) is 0.941. The molecule has 0 aromatic carbocycles. The zero-order valence-electron chi connectivity index (χ0n) is 13.5. The van der Waals surface area contributed by atoms with E-state index in [1.165, 1.54) is 32.1 Å². The molecular weight excluding hydrogens is 248 g/mol. The molecule has 20 heavy (non-hydrogen) atoms. The summed E-state index contributed by atoms with van der Waals surface area (Å²) in [6.45, 7) is 6.93. The van der Waals surface area contributed by atoms with Crippen molar-refractivity contribution in [3.63, 3.8) is 0 Å². The third-order valence-electron chi connectivity index (χ3n) is 5.62. The van der Waals surface area contributed by atoms with Crippen LogP contribution < -0.4 is 11.1 Å². The van der Waals surface area contributed by atoms with Crippen molar-refractivity contribution in [1.29, 1.82) is 0 Å². The van der Waals surface area contributed by atoms with Crippen molar-refractivity contribution in [2.45, 2.75) is 90.1 Å². The second-order valence-electron chi connectivity index (χ2n) is 8.07. The third kappa shape index (κ3) is 3.55. The van der Waals surface area contributed by atoms with Crippen molar-refractivity contribution in [3.05, 3.63) is 0 Å². The average molecular weight is 280 g/mol. The fourth-order valence-electron chi connectivity index (χ4n) is 4.08. The van der Waals surface area contributed by atoms with E-state index in [-0.39, 0.29) is 5.91 Å². The molecule has 116 valence electrons. The molecule has 2 aliphatic carbocycles. The topological polar surface area (TPSA) is 55.1 Å². The van der Waals surface area contributed by atoms with Crippen LogP contribution in [0.3, 0.4) is 0 Å². The van der Waals surface area contributed by atoms with Gasteiger partial charge in [-0.05, 0) is 49.9 Å². The second kappa shape index (κ2) is 6.05. The molecule has 3 N–H and O–H groups in total. The zero-order chi connectivity index (χ0) is 14.8. The fourth-order valence-corrected chi connectivity index (χ4v) is 4.08. The number of amides is 1. The predicted molar refractivity (Wildman–Crippen MR) is 83.3 cm³/mol. The molecule has 0 aliphatic heterocycles. The molecule has 0 atom stereocenters. The lowest BCUT2D eigenvalue weighted by Gasteiger charge is -2.45. The summed E-state index contributed by atoms with van der Waals surface area (Å²) in [4.78, 5) is 12.1. The summed E-state index contributed by atoms with van der Waals surface area (Å²) >= 11 is 0. The maximum Gasteiger partial charge on any atom is 0.237 e. The molecule has 0 aromatic heterocycles. The summed E-state index contributed by atoms with van der Waals surface area (Å²) in [5.74, 6) is 0.582. The molecule has 1 amide bonds. The molecule has 3 nitrogen and oxygen atoms in total. The first-order valence-electron chi connectivity index (χ1n) is 8.41. The molecule has 0 spiro atoms. The van der Waals surface area contributed by atoms with Crippen LogP contribution in [0.4, 0.5) is 0 Å². The van der Waals surface area contributed by atoms with Crippen LogP contribution in [-0.2, 0) is 4.79 Å². The second-order valence-corrected chi connectivity index (χ2v) is 8.07. The van der Waals surface area contributed by atoms with Crippen LogP contribution in [-0.4, -0.2) is 17.5 Å². The van der Waals surface area contributed by atoms with Gasteiger partial charge in [0.25, 0.3) is 0 Å². The van der Waals surface area contributed by atoms with Crippen molar-refractivity contribution in [1.82, 2.24) is 5.32 Å². The van der Waals surface area contributed by atoms with E-state index in [1.807, 2.05) is 0 Å². The normalized spacial score (nSPS) is 33.0. The molecule has 0 radical (unpaired) electrons. The molecule has 2 saturated carbocycles. The highest BCUT2D eigenvalue weighted by Crippen LogP contribution is 2.42. The minimum absolute atomic E-state index is 0.129. The number of hydrogen-bond acceptors (Lipinski definition) is 2. The number of primary amides is 1. The Morgan fingerprint density at radius 3 is 2.05 bits per heavy atom. The van der Waals surface area contributed by atoms with Gasteiger partial charge >= 0.3 is 0 Å². The van der Waals surface area contributed by atoms with Gasteiger partial charge in [-0.3, -0.25) is 4.79 Å². The molecule has 3 heteroatoms. The van der Waals surface area contributed by atoms with Gasteiger partial charge < -0.3 is 11.1 Å². The third-order valence-corrected chi connectivity index (χ3v) is 5.62. The lowest BCUT2D eigenvalue weighted by molar-refractivity contribution is -0.127. The van der Waals surface area contributed by atoms with E-state index in [2.05, 4.69) is 26.1 Å². The Kier molecular flexibility index (Phi) is 4.78. The van der Waals surface area contributed by atoms with Crippen LogP contribution in [0.25, 0.3) is 0 Å². The SMILES string of the molecule is CC(C)(C)C1CCC(NC2CCCCC2)(C(N)=O)CC1. The zero-order valence-corrected chi connectivity index (χ0v) is 13.5. The molecule has 0 saturated heterocycles. The van der Waals surface area contributed by atoms with Crippen molar-refractivity contribution >= 4 is 5.91 Å². The van der Waals surface area contributed by atoms with Gasteiger partial charge in [0.2, 0.25) is 5.91 Å². The first kappa shape index (κ1) is 15.8. The Labute approximate surface area is 124 Å². The van der Waals surface area contributed by atoms with E-state index in [4.69, 9.17) is 5.73 Å². The minimum Gasteiger partial charge on any atom is -0.368 e. The Hall–Kier alpha value is -0.570. The number of nitrogens with one attached hydrogen (secondary N) is 1. The van der Waals surface area contributed by atoms with Crippen molar-refractivity contribution in [3.8, 4) is 0 Å². The van der Waals surface area contributed by atoms with Crippen LogP contribution in [0.1, 0.15) is 78.6 Å². The summed E-state index contributed by atoms with van der Waals surface area (Å²) in [5, 5.41) is 3.67. The van der Waals surface area contributed by atoms with Gasteiger partial charge in [-0.25, -0.2) is 0 Å². The highest BCUT2D eigenvalue weighted by atomic mass is 16.1. The van der Waals surface area contributed by atoms with Crippen LogP contribution in [0.15, 0.2) is 0 Å². The van der Waals surface area contributed by atoms with Gasteiger partial charge in [0.05, 0.1) is 5.54 Å². The number of hydrogen-bond donors (Lipinski definition) is 2. The molecule has 0 bridgehead atoms. The molecule has 2 aliphatic rings. The molecule has 0 unspecified atom stereocenters. The van der Waals surface area contributed by atoms with Crippen LogP contribution in [0.5, 0.6) is 0 Å². The lowest BCUT2D eigenvalue weighted by Crippen LogP contribution is -2.60. The number of carbonyl (C=O) groups excluding carboxylic acids is 1. The highest BCUT2D eigenvalue weighted by molar-refractivity contribution is 5.84. The quantitative estimate of drug-likeness (QED) is 0.833. The molecular formula is C17H32N2O. The maximum absolute atomic E-state index is 12.1. The Morgan fingerprint density at radius 1 is 1.05 bits per heavy atom. The van der Waals surface area contributed by atoms with E-state index < -0.39 is 5.54 Å². The molecule has 0 aromatic rings. The monoisotopic (exact) mass is 280 g/mol. The van der Waals surface area contributed by atoms with Gasteiger partial charge in [-0.1, -0.05) is 40.0 Å². The van der Waals surface area contributed by atoms with Crippen molar-refractivity contribution < 1.29 is 4.79 Å². The van der Waals surface area contributed by atoms with Gasteiger partial charge in [-0.2, -0.15) is 0 Å². The summed E-state index contributed by atoms with van der Waals surface area (Å²) in [6, 6.07) is 0.502. The van der Waals surface area contributed by atoms with Gasteiger partial charge in [0.1, 0.15) is 0 Å². The van der Waals surface area contributed by atoms with E-state index in [1.54, 1.807) is 0 Å². The van der Waals surface area contributed by atoms with E-state index in [0.29, 0.717) is 17.4 Å². The number of rotatable bonds is 3. The Morgan fingerprint density at radius 2 is 1.60 bits per heavy atom. The van der Waals surface area contributed by atoms with E-state index in [0.717, 1.165) is 25.7 Å². The Balaban J connectivity index is 1.99. The standard InChI is InChI=1S/C17H32N2O/c1-16(2,3)13-9-11-17(12-10-13,15(18)20)19-14-7-5-4-6-8-14/h13-14,19H,4-12H2,1-3H3,(H2,18,20). The lowest BCUT2D eigenvalue weighted by atomic mass is 9.66. The van der Waals surface area contributed by atoms with E-state index in [9.17, 15) is 4.79 Å². The van der Waals surface area contributed by atoms with Crippen molar-refractivity contribution in [2.75, 3.05) is 0 Å². The summed E-state index contributed by atoms with van der Waals surface area (Å²) in [7, 11) is 0. The number of carbonyl (C=O) groups is 1. The average Bonchev–Trinajstić information content (AvgIpc) is 2.39. The first-order chi connectivity index (χ1) is 9.33. The molecule has 0 heterocycles. The van der Waals surface area contributed by atoms with Crippen LogP contribution in [0, 0.1) is 11.3 Å². The van der Waals surface area contributed by atoms with Crippen molar-refractivity contribution in [2.24, 2.45) is 17.1 Å². The summed E-state index contributed by atoms with van der Waals surface area (Å²) in [5.41, 5.74) is 5.69. The smallest absolute Gasteiger partial charge is 0.237 e. The molecule has 2 fully saturated rings. The van der Waals surface area contributed by atoms with Crippen LogP contribution >= 0.6 is 0 Å². The summed E-state index contributed by atoms with van der Waals surface area (Å²) < 4.78 is 0. The first-order valence-corrected chi connectivity index (χ1v) is 8.41. The predicted octanol–water partition coefficient (Wildman–Crippen LogP) is 3.37. The van der Waals surface area contributed by atoms with Crippen LogP contribution in [0.2, 0.25) is 0 Å². The molecule has 2 rings (SSSR count). The van der Waals surface area contributed by atoms with Gasteiger partial charge in [0, 0.05) is 6.04 Å².